The third-order valence-electron chi connectivity index (χ3n) is 3.99. The summed E-state index contributed by atoms with van der Waals surface area (Å²) in [6.45, 7) is 4.80. The number of halogens is 2. The molecule has 1 N–H and O–H groups in total. The molecule has 112 valence electrons. The molecule has 0 radical (unpaired) electrons. The van der Waals surface area contributed by atoms with Crippen LogP contribution in [0.25, 0.3) is 0 Å². The molecule has 21 heavy (non-hydrogen) atoms. The number of fused-ring (bicyclic) bond motifs is 1. The van der Waals surface area contributed by atoms with Gasteiger partial charge in [0.05, 0.1) is 16.2 Å². The second-order valence-electron chi connectivity index (χ2n) is 5.54. The van der Waals surface area contributed by atoms with Crippen LogP contribution in [-0.2, 0) is 6.42 Å². The van der Waals surface area contributed by atoms with Crippen molar-refractivity contribution in [3.63, 3.8) is 0 Å². The smallest absolute Gasteiger partial charge is 0.139 e. The average Bonchev–Trinajstić information content (AvgIpc) is 2.79. The first kappa shape index (κ1) is 14.6. The maximum atomic E-state index is 13.9. The summed E-state index contributed by atoms with van der Waals surface area (Å²) in [6.07, 6.45) is 2.91. The zero-order chi connectivity index (χ0) is 15.0. The highest BCUT2D eigenvalue weighted by molar-refractivity contribution is 9.10. The number of nitrogens with zero attached hydrogens (tertiary/aromatic N) is 2. The van der Waals surface area contributed by atoms with Crippen LogP contribution in [0.5, 0.6) is 0 Å². The number of hydrogen-bond acceptors (Lipinski definition) is 2. The molecule has 0 saturated heterocycles. The number of aromatic nitrogens is 2. The third kappa shape index (κ3) is 2.59. The second kappa shape index (κ2) is 5.79. The minimum absolute atomic E-state index is 0.0956. The lowest BCUT2D eigenvalue weighted by Crippen LogP contribution is -2.24. The molecule has 0 amide bonds. The van der Waals surface area contributed by atoms with Crippen molar-refractivity contribution < 1.29 is 4.39 Å². The second-order valence-corrected chi connectivity index (χ2v) is 6.34. The Morgan fingerprint density at radius 2 is 2.29 bits per heavy atom. The third-order valence-corrected chi connectivity index (χ3v) is 4.82. The molecule has 2 heterocycles. The van der Waals surface area contributed by atoms with Gasteiger partial charge in [0.25, 0.3) is 0 Å². The highest BCUT2D eigenvalue weighted by Gasteiger charge is 2.26. The molecule has 0 spiro atoms. The van der Waals surface area contributed by atoms with Crippen LogP contribution in [-0.4, -0.2) is 16.3 Å². The van der Waals surface area contributed by atoms with Crippen molar-refractivity contribution >= 4 is 21.7 Å². The van der Waals surface area contributed by atoms with Gasteiger partial charge in [0.1, 0.15) is 11.6 Å². The van der Waals surface area contributed by atoms with E-state index in [2.05, 4.69) is 28.2 Å². The highest BCUT2D eigenvalue weighted by Crippen LogP contribution is 2.36. The van der Waals surface area contributed by atoms with Crippen molar-refractivity contribution in [2.45, 2.75) is 39.2 Å². The van der Waals surface area contributed by atoms with Crippen LogP contribution in [0.1, 0.15) is 42.6 Å². The van der Waals surface area contributed by atoms with Gasteiger partial charge in [0.15, 0.2) is 0 Å². The van der Waals surface area contributed by atoms with Crippen molar-refractivity contribution in [2.24, 2.45) is 0 Å². The molecule has 0 aliphatic carbocycles. The summed E-state index contributed by atoms with van der Waals surface area (Å²) in [5.74, 6) is 0.864. The Kier molecular flexibility index (Phi) is 4.02. The topological polar surface area (TPSA) is 29.9 Å². The van der Waals surface area contributed by atoms with Crippen molar-refractivity contribution in [3.05, 3.63) is 45.3 Å². The number of hydrogen-bond donors (Lipinski definition) is 1. The zero-order valence-corrected chi connectivity index (χ0v) is 13.9. The standard InChI is InChI=1S/C16H19BrFN3/c1-3-4-13-15(17)16-19-8-7-14(21(16)20-13)11-6-5-10(2)12(18)9-11/h5-6,9,14,19H,3-4,7-8H2,1-2H3. The summed E-state index contributed by atoms with van der Waals surface area (Å²) >= 11 is 3.64. The van der Waals surface area contributed by atoms with E-state index in [1.807, 2.05) is 16.8 Å². The lowest BCUT2D eigenvalue weighted by molar-refractivity contribution is 0.474. The molecular weight excluding hydrogens is 333 g/mol. The molecule has 1 aliphatic rings. The van der Waals surface area contributed by atoms with E-state index in [4.69, 9.17) is 5.10 Å². The van der Waals surface area contributed by atoms with Gasteiger partial charge in [-0.15, -0.1) is 0 Å². The van der Waals surface area contributed by atoms with Crippen LogP contribution in [0.2, 0.25) is 0 Å². The van der Waals surface area contributed by atoms with Crippen molar-refractivity contribution in [1.29, 1.82) is 0 Å². The van der Waals surface area contributed by atoms with Gasteiger partial charge in [-0.2, -0.15) is 5.10 Å². The Morgan fingerprint density at radius 3 is 3.00 bits per heavy atom. The Bertz CT molecular complexity index is 666. The molecular formula is C16H19BrFN3. The number of aryl methyl sites for hydroxylation is 2. The van der Waals surface area contributed by atoms with E-state index in [9.17, 15) is 4.39 Å². The van der Waals surface area contributed by atoms with Crippen LogP contribution in [0.3, 0.4) is 0 Å². The summed E-state index contributed by atoms with van der Waals surface area (Å²) in [5, 5.41) is 8.13. The number of nitrogens with one attached hydrogen (secondary N) is 1. The Labute approximate surface area is 132 Å². The fourth-order valence-electron chi connectivity index (χ4n) is 2.82. The van der Waals surface area contributed by atoms with Gasteiger partial charge in [-0.05, 0) is 52.9 Å². The van der Waals surface area contributed by atoms with Crippen LogP contribution in [0.4, 0.5) is 10.2 Å². The van der Waals surface area contributed by atoms with Crippen LogP contribution in [0.15, 0.2) is 22.7 Å². The highest BCUT2D eigenvalue weighted by atomic mass is 79.9. The molecule has 1 atom stereocenters. The molecule has 0 saturated carbocycles. The molecule has 1 aromatic heterocycles. The molecule has 2 aromatic rings. The van der Waals surface area contributed by atoms with E-state index in [0.717, 1.165) is 47.4 Å². The molecule has 1 aromatic carbocycles. The average molecular weight is 352 g/mol. The minimum atomic E-state index is -0.146. The molecule has 1 aliphatic heterocycles. The predicted molar refractivity (Wildman–Crippen MR) is 86.3 cm³/mol. The normalized spacial score (nSPS) is 17.4. The van der Waals surface area contributed by atoms with Gasteiger partial charge in [-0.25, -0.2) is 9.07 Å². The van der Waals surface area contributed by atoms with E-state index in [0.29, 0.717) is 5.56 Å². The summed E-state index contributed by atoms with van der Waals surface area (Å²) in [7, 11) is 0. The van der Waals surface area contributed by atoms with E-state index in [-0.39, 0.29) is 11.9 Å². The molecule has 0 fully saturated rings. The molecule has 5 heteroatoms. The monoisotopic (exact) mass is 351 g/mol. The molecule has 1 unspecified atom stereocenters. The van der Waals surface area contributed by atoms with Crippen LogP contribution < -0.4 is 5.32 Å². The van der Waals surface area contributed by atoms with Crippen LogP contribution in [0, 0.1) is 12.7 Å². The zero-order valence-electron chi connectivity index (χ0n) is 12.3. The van der Waals surface area contributed by atoms with E-state index < -0.39 is 0 Å². The van der Waals surface area contributed by atoms with E-state index in [1.165, 1.54) is 0 Å². The summed E-state index contributed by atoms with van der Waals surface area (Å²) in [6, 6.07) is 5.59. The van der Waals surface area contributed by atoms with Crippen molar-refractivity contribution in [2.75, 3.05) is 11.9 Å². The summed E-state index contributed by atoms with van der Waals surface area (Å²) in [4.78, 5) is 0. The number of anilines is 1. The van der Waals surface area contributed by atoms with Crippen molar-refractivity contribution in [1.82, 2.24) is 9.78 Å². The fraction of sp³-hybridized carbons (Fsp3) is 0.438. The predicted octanol–water partition coefficient (Wildman–Crippen LogP) is 4.45. The lowest BCUT2D eigenvalue weighted by atomic mass is 10.0. The van der Waals surface area contributed by atoms with Gasteiger partial charge in [-0.3, -0.25) is 0 Å². The largest absolute Gasteiger partial charge is 0.369 e. The van der Waals surface area contributed by atoms with Gasteiger partial charge in [0.2, 0.25) is 0 Å². The van der Waals surface area contributed by atoms with Gasteiger partial charge in [-0.1, -0.05) is 25.5 Å². The van der Waals surface area contributed by atoms with Gasteiger partial charge in [0, 0.05) is 6.54 Å². The summed E-state index contributed by atoms with van der Waals surface area (Å²) < 4.78 is 16.9. The Morgan fingerprint density at radius 1 is 1.48 bits per heavy atom. The maximum Gasteiger partial charge on any atom is 0.139 e. The van der Waals surface area contributed by atoms with Crippen molar-refractivity contribution in [3.8, 4) is 0 Å². The van der Waals surface area contributed by atoms with Crippen LogP contribution >= 0.6 is 15.9 Å². The molecule has 3 rings (SSSR count). The van der Waals surface area contributed by atoms with E-state index in [1.54, 1.807) is 13.0 Å². The number of benzene rings is 1. The number of rotatable bonds is 3. The quantitative estimate of drug-likeness (QED) is 0.885. The Hall–Kier alpha value is -1.36. The lowest BCUT2D eigenvalue weighted by Gasteiger charge is -2.26. The fourth-order valence-corrected chi connectivity index (χ4v) is 3.42. The first-order valence-electron chi connectivity index (χ1n) is 7.38. The molecule has 3 nitrogen and oxygen atoms in total. The summed E-state index contributed by atoms with van der Waals surface area (Å²) in [5.41, 5.74) is 2.74. The first-order valence-corrected chi connectivity index (χ1v) is 8.18. The molecule has 0 bridgehead atoms. The first-order chi connectivity index (χ1) is 10.1. The van der Waals surface area contributed by atoms with E-state index >= 15 is 0 Å². The van der Waals surface area contributed by atoms with Gasteiger partial charge < -0.3 is 5.32 Å². The Balaban J connectivity index is 2.03. The SMILES string of the molecule is CCCc1nn2c(c1Br)NCCC2c1ccc(C)c(F)c1. The van der Waals surface area contributed by atoms with Gasteiger partial charge >= 0.3 is 0 Å². The minimum Gasteiger partial charge on any atom is -0.369 e. The maximum absolute atomic E-state index is 13.9.